The molecule has 2 saturated heterocycles. The number of likely N-dealkylation sites (tertiary alicyclic amines) is 1. The van der Waals surface area contributed by atoms with Crippen molar-refractivity contribution in [2.75, 3.05) is 24.5 Å². The summed E-state index contributed by atoms with van der Waals surface area (Å²) in [6, 6.07) is 7.56. The predicted octanol–water partition coefficient (Wildman–Crippen LogP) is 2.05. The van der Waals surface area contributed by atoms with Gasteiger partial charge in [-0.3, -0.25) is 9.58 Å². The molecule has 5 rings (SSSR count). The fourth-order valence-corrected chi connectivity index (χ4v) is 4.80. The average molecular weight is 338 g/mol. The largest absolute Gasteiger partial charge is 0.356 e. The van der Waals surface area contributed by atoms with E-state index in [0.29, 0.717) is 6.04 Å². The van der Waals surface area contributed by atoms with E-state index in [1.165, 1.54) is 32.2 Å². The molecule has 0 bridgehead atoms. The minimum absolute atomic E-state index is 0.598. The lowest BCUT2D eigenvalue weighted by Gasteiger charge is -2.39. The third-order valence-corrected chi connectivity index (χ3v) is 6.17. The van der Waals surface area contributed by atoms with Crippen LogP contribution in [0.1, 0.15) is 25.7 Å². The quantitative estimate of drug-likeness (QED) is 0.835. The van der Waals surface area contributed by atoms with Crippen molar-refractivity contribution in [3.05, 3.63) is 37.1 Å². The molecule has 2 aromatic heterocycles. The summed E-state index contributed by atoms with van der Waals surface area (Å²) < 4.78 is 2.01. The lowest BCUT2D eigenvalue weighted by Crippen LogP contribution is -2.48. The van der Waals surface area contributed by atoms with Gasteiger partial charge in [0.15, 0.2) is 0 Å². The van der Waals surface area contributed by atoms with Gasteiger partial charge in [0.2, 0.25) is 0 Å². The third-order valence-electron chi connectivity index (χ3n) is 6.17. The number of piperidine rings is 1. The Labute approximate surface area is 148 Å². The highest BCUT2D eigenvalue weighted by Gasteiger charge is 2.45. The summed E-state index contributed by atoms with van der Waals surface area (Å²) in [7, 11) is 0. The highest BCUT2D eigenvalue weighted by molar-refractivity contribution is 5.38. The van der Waals surface area contributed by atoms with Crippen LogP contribution in [0.2, 0.25) is 0 Å². The van der Waals surface area contributed by atoms with Crippen LogP contribution in [0.3, 0.4) is 0 Å². The zero-order valence-electron chi connectivity index (χ0n) is 14.6. The van der Waals surface area contributed by atoms with Crippen LogP contribution >= 0.6 is 0 Å². The Bertz CT molecular complexity index is 683. The molecule has 1 saturated carbocycles. The number of anilines is 1. The van der Waals surface area contributed by atoms with E-state index in [4.69, 9.17) is 0 Å². The van der Waals surface area contributed by atoms with Crippen molar-refractivity contribution in [1.29, 1.82) is 0 Å². The van der Waals surface area contributed by atoms with Crippen molar-refractivity contribution in [3.8, 4) is 0 Å². The van der Waals surface area contributed by atoms with Crippen molar-refractivity contribution in [1.82, 2.24) is 24.6 Å². The van der Waals surface area contributed by atoms with Crippen LogP contribution < -0.4 is 4.90 Å². The van der Waals surface area contributed by atoms with E-state index in [0.717, 1.165) is 43.3 Å². The first-order valence-corrected chi connectivity index (χ1v) is 9.61. The van der Waals surface area contributed by atoms with E-state index in [1.54, 1.807) is 6.33 Å². The van der Waals surface area contributed by atoms with Gasteiger partial charge in [0.05, 0.1) is 6.54 Å². The summed E-state index contributed by atoms with van der Waals surface area (Å²) in [5.41, 5.74) is 0. The standard InChI is InChI=1S/C19H26N6/c1-2-7-21-19(3-1)23-8-6-18-16(11-23)9-17(12-24-14-20-13-22-24)25(18)10-15-4-5-15/h1-3,7,13-18H,4-6,8-12H2/t16-,17+,18+/m0/s1. The Morgan fingerprint density at radius 3 is 2.84 bits per heavy atom. The van der Waals surface area contributed by atoms with Gasteiger partial charge in [-0.2, -0.15) is 5.10 Å². The fraction of sp³-hybridized carbons (Fsp3) is 0.632. The smallest absolute Gasteiger partial charge is 0.137 e. The first-order valence-electron chi connectivity index (χ1n) is 9.61. The molecular formula is C19H26N6. The maximum Gasteiger partial charge on any atom is 0.137 e. The second-order valence-electron chi connectivity index (χ2n) is 7.90. The topological polar surface area (TPSA) is 50.1 Å². The average Bonchev–Trinajstić information content (AvgIpc) is 3.21. The minimum Gasteiger partial charge on any atom is -0.356 e. The molecule has 3 fully saturated rings. The minimum atomic E-state index is 0.598. The number of pyridine rings is 1. The molecular weight excluding hydrogens is 312 g/mol. The van der Waals surface area contributed by atoms with E-state index in [2.05, 4.69) is 37.0 Å². The van der Waals surface area contributed by atoms with Gasteiger partial charge in [-0.15, -0.1) is 0 Å². The van der Waals surface area contributed by atoms with Crippen molar-refractivity contribution in [2.45, 2.75) is 44.3 Å². The van der Waals surface area contributed by atoms with Crippen LogP contribution in [0.5, 0.6) is 0 Å². The summed E-state index contributed by atoms with van der Waals surface area (Å²) in [6.45, 7) is 4.51. The van der Waals surface area contributed by atoms with Crippen molar-refractivity contribution in [2.24, 2.45) is 11.8 Å². The normalized spacial score (nSPS) is 29.8. The van der Waals surface area contributed by atoms with E-state index in [-0.39, 0.29) is 0 Å². The zero-order chi connectivity index (χ0) is 16.6. The maximum absolute atomic E-state index is 4.56. The monoisotopic (exact) mass is 338 g/mol. The van der Waals surface area contributed by atoms with Gasteiger partial charge < -0.3 is 4.90 Å². The third kappa shape index (κ3) is 3.15. The molecule has 4 heterocycles. The zero-order valence-corrected chi connectivity index (χ0v) is 14.6. The lowest BCUT2D eigenvalue weighted by molar-refractivity contribution is 0.144. The van der Waals surface area contributed by atoms with Crippen molar-refractivity contribution >= 4 is 5.82 Å². The van der Waals surface area contributed by atoms with Gasteiger partial charge in [0, 0.05) is 37.9 Å². The van der Waals surface area contributed by atoms with Crippen molar-refractivity contribution in [3.63, 3.8) is 0 Å². The summed E-state index contributed by atoms with van der Waals surface area (Å²) >= 11 is 0. The predicted molar refractivity (Wildman–Crippen MR) is 96.2 cm³/mol. The number of hydrogen-bond donors (Lipinski definition) is 0. The molecule has 132 valence electrons. The Morgan fingerprint density at radius 1 is 1.12 bits per heavy atom. The Hall–Kier alpha value is -1.95. The van der Waals surface area contributed by atoms with Gasteiger partial charge in [0.25, 0.3) is 0 Å². The van der Waals surface area contributed by atoms with E-state index < -0.39 is 0 Å². The number of hydrogen-bond acceptors (Lipinski definition) is 5. The number of fused-ring (bicyclic) bond motifs is 1. The van der Waals surface area contributed by atoms with Crippen LogP contribution in [0, 0.1) is 11.8 Å². The van der Waals surface area contributed by atoms with Crippen LogP contribution in [0.15, 0.2) is 37.1 Å². The highest BCUT2D eigenvalue weighted by Crippen LogP contribution is 2.40. The first-order chi connectivity index (χ1) is 12.4. The van der Waals surface area contributed by atoms with Gasteiger partial charge in [-0.05, 0) is 49.7 Å². The molecule has 3 aliphatic rings. The lowest BCUT2D eigenvalue weighted by atomic mass is 9.92. The molecule has 2 aliphatic heterocycles. The molecule has 2 aromatic rings. The molecule has 1 aliphatic carbocycles. The summed E-state index contributed by atoms with van der Waals surface area (Å²) in [5.74, 6) is 2.81. The van der Waals surface area contributed by atoms with Gasteiger partial charge in [-0.25, -0.2) is 9.97 Å². The van der Waals surface area contributed by atoms with Crippen LogP contribution in [0.25, 0.3) is 0 Å². The summed E-state index contributed by atoms with van der Waals surface area (Å²) in [5, 5.41) is 4.35. The number of aromatic nitrogens is 4. The Morgan fingerprint density at radius 2 is 2.08 bits per heavy atom. The van der Waals surface area contributed by atoms with Crippen molar-refractivity contribution < 1.29 is 0 Å². The summed E-state index contributed by atoms with van der Waals surface area (Å²) in [6.07, 6.45) is 10.8. The second-order valence-corrected chi connectivity index (χ2v) is 7.90. The van der Waals surface area contributed by atoms with Crippen LogP contribution in [-0.2, 0) is 6.54 Å². The first kappa shape index (κ1) is 15.3. The molecule has 0 radical (unpaired) electrons. The molecule has 0 N–H and O–H groups in total. The van der Waals surface area contributed by atoms with E-state index in [1.807, 2.05) is 23.3 Å². The maximum atomic E-state index is 4.56. The molecule has 0 amide bonds. The molecule has 0 unspecified atom stereocenters. The van der Waals surface area contributed by atoms with Crippen LogP contribution in [-0.4, -0.2) is 56.4 Å². The molecule has 3 atom stereocenters. The fourth-order valence-electron chi connectivity index (χ4n) is 4.80. The molecule has 0 aromatic carbocycles. The molecule has 6 heteroatoms. The summed E-state index contributed by atoms with van der Waals surface area (Å²) in [4.78, 5) is 14.0. The SMILES string of the molecule is c1ccc(N2CC[C@@H]3[C@@H](C[C@H](Cn4cncn4)N3CC3CC3)C2)nc1. The highest BCUT2D eigenvalue weighted by atomic mass is 15.4. The molecule has 0 spiro atoms. The molecule has 6 nitrogen and oxygen atoms in total. The molecule has 25 heavy (non-hydrogen) atoms. The number of nitrogens with zero attached hydrogens (tertiary/aromatic N) is 6. The second kappa shape index (κ2) is 6.41. The van der Waals surface area contributed by atoms with Crippen LogP contribution in [0.4, 0.5) is 5.82 Å². The van der Waals surface area contributed by atoms with Gasteiger partial charge >= 0.3 is 0 Å². The Balaban J connectivity index is 1.32. The number of rotatable bonds is 5. The van der Waals surface area contributed by atoms with E-state index in [9.17, 15) is 0 Å². The van der Waals surface area contributed by atoms with Gasteiger partial charge in [-0.1, -0.05) is 6.07 Å². The Kier molecular flexibility index (Phi) is 3.93. The van der Waals surface area contributed by atoms with Gasteiger partial charge in [0.1, 0.15) is 18.5 Å². The van der Waals surface area contributed by atoms with E-state index >= 15 is 0 Å².